The summed E-state index contributed by atoms with van der Waals surface area (Å²) < 4.78 is 45.7. The van der Waals surface area contributed by atoms with E-state index in [0.29, 0.717) is 46.8 Å². The first-order valence-corrected chi connectivity index (χ1v) is 10.8. The zero-order chi connectivity index (χ0) is 23.2. The first-order valence-electron chi connectivity index (χ1n) is 10.8. The van der Waals surface area contributed by atoms with Crippen LogP contribution in [-0.4, -0.2) is 35.9 Å². The number of hydrogen-bond acceptors (Lipinski definition) is 5. The van der Waals surface area contributed by atoms with Gasteiger partial charge in [-0.05, 0) is 43.2 Å². The van der Waals surface area contributed by atoms with Crippen LogP contribution in [0.4, 0.5) is 19.0 Å². The Bertz CT molecular complexity index is 1510. The van der Waals surface area contributed by atoms with Gasteiger partial charge in [0.2, 0.25) is 0 Å². The maximum atomic E-state index is 14.5. The third-order valence-electron chi connectivity index (χ3n) is 6.11. The summed E-state index contributed by atoms with van der Waals surface area (Å²) >= 11 is 0. The first-order chi connectivity index (χ1) is 16.6. The predicted molar refractivity (Wildman–Crippen MR) is 119 cm³/mol. The second-order valence-corrected chi connectivity index (χ2v) is 8.13. The monoisotopic (exact) mass is 461 g/mol. The molecule has 170 valence electrons. The topological polar surface area (TPSA) is 64.1 Å². The van der Waals surface area contributed by atoms with Crippen LogP contribution in [0.15, 0.2) is 67.5 Å². The molecule has 1 aliphatic heterocycles. The Morgan fingerprint density at radius 3 is 2.74 bits per heavy atom. The molecule has 0 aliphatic carbocycles. The quantitative estimate of drug-likeness (QED) is 0.387. The Kier molecular flexibility index (Phi) is 4.79. The standard InChI is InChI=1S/C24H18F3N7/c25-16-3-4-19(26)18(10-16)21-2-1-8-32(21)23-6-9-33-24(31-23)22(13-30-33)34-14-15(11-29-34)17-5-7-28-12-20(17)27/h3-7,9-14,21H,1-2,8H2. The minimum absolute atomic E-state index is 0.317. The van der Waals surface area contributed by atoms with Crippen molar-refractivity contribution in [1.29, 1.82) is 0 Å². The van der Waals surface area contributed by atoms with Crippen LogP contribution in [0.1, 0.15) is 24.4 Å². The van der Waals surface area contributed by atoms with Gasteiger partial charge in [0.25, 0.3) is 0 Å². The summed E-state index contributed by atoms with van der Waals surface area (Å²) in [7, 11) is 0. The van der Waals surface area contributed by atoms with Gasteiger partial charge >= 0.3 is 0 Å². The van der Waals surface area contributed by atoms with Gasteiger partial charge in [-0.25, -0.2) is 27.4 Å². The number of halogens is 3. The molecule has 0 N–H and O–H groups in total. The van der Waals surface area contributed by atoms with Crippen LogP contribution >= 0.6 is 0 Å². The van der Waals surface area contributed by atoms with Crippen LogP contribution in [0.5, 0.6) is 0 Å². The number of nitrogens with zero attached hydrogens (tertiary/aromatic N) is 7. The average molecular weight is 461 g/mol. The summed E-state index contributed by atoms with van der Waals surface area (Å²) in [4.78, 5) is 10.5. The van der Waals surface area contributed by atoms with E-state index in [9.17, 15) is 13.2 Å². The molecular formula is C24H18F3N7. The zero-order valence-electron chi connectivity index (χ0n) is 17.8. The Hall–Kier alpha value is -4.21. The van der Waals surface area contributed by atoms with Gasteiger partial charge in [0.1, 0.15) is 29.0 Å². The van der Waals surface area contributed by atoms with Crippen molar-refractivity contribution >= 4 is 11.5 Å². The van der Waals surface area contributed by atoms with Gasteiger partial charge in [-0.3, -0.25) is 4.98 Å². The fourth-order valence-electron chi connectivity index (χ4n) is 4.51. The fourth-order valence-corrected chi connectivity index (χ4v) is 4.51. The van der Waals surface area contributed by atoms with E-state index in [4.69, 9.17) is 4.98 Å². The van der Waals surface area contributed by atoms with Gasteiger partial charge in [-0.15, -0.1) is 0 Å². The molecule has 4 aromatic heterocycles. The largest absolute Gasteiger partial charge is 0.349 e. The number of pyridine rings is 1. The van der Waals surface area contributed by atoms with E-state index in [-0.39, 0.29) is 6.04 Å². The molecule has 5 aromatic rings. The minimum Gasteiger partial charge on any atom is -0.349 e. The second kappa shape index (κ2) is 7.98. The molecule has 0 radical (unpaired) electrons. The van der Waals surface area contributed by atoms with Gasteiger partial charge in [0, 0.05) is 41.8 Å². The molecule has 1 fully saturated rings. The maximum absolute atomic E-state index is 14.5. The summed E-state index contributed by atoms with van der Waals surface area (Å²) in [6.07, 6.45) is 10.9. The van der Waals surface area contributed by atoms with E-state index in [1.54, 1.807) is 46.1 Å². The number of fused-ring (bicyclic) bond motifs is 1. The van der Waals surface area contributed by atoms with E-state index in [1.807, 2.05) is 4.90 Å². The van der Waals surface area contributed by atoms with Crippen LogP contribution in [-0.2, 0) is 0 Å². The van der Waals surface area contributed by atoms with Crippen molar-refractivity contribution in [3.8, 4) is 16.8 Å². The van der Waals surface area contributed by atoms with E-state index in [1.165, 1.54) is 12.3 Å². The van der Waals surface area contributed by atoms with E-state index in [2.05, 4.69) is 15.2 Å². The molecule has 0 saturated carbocycles. The highest BCUT2D eigenvalue weighted by molar-refractivity contribution is 5.65. The molecule has 0 amide bonds. The molecule has 6 rings (SSSR count). The van der Waals surface area contributed by atoms with Crippen LogP contribution in [0.25, 0.3) is 22.5 Å². The molecule has 1 aliphatic rings. The van der Waals surface area contributed by atoms with Crippen LogP contribution < -0.4 is 4.90 Å². The Morgan fingerprint density at radius 2 is 1.85 bits per heavy atom. The van der Waals surface area contributed by atoms with Crippen LogP contribution in [0, 0.1) is 17.5 Å². The lowest BCUT2D eigenvalue weighted by atomic mass is 10.0. The van der Waals surface area contributed by atoms with Crippen molar-refractivity contribution in [3.63, 3.8) is 0 Å². The summed E-state index contributed by atoms with van der Waals surface area (Å²) in [6.45, 7) is 0.667. The molecule has 10 heteroatoms. The van der Waals surface area contributed by atoms with Crippen molar-refractivity contribution in [2.45, 2.75) is 18.9 Å². The smallest absolute Gasteiger partial charge is 0.183 e. The number of aromatic nitrogens is 6. The molecular weight excluding hydrogens is 443 g/mol. The second-order valence-electron chi connectivity index (χ2n) is 8.13. The maximum Gasteiger partial charge on any atom is 0.183 e. The first kappa shape index (κ1) is 20.4. The number of anilines is 1. The molecule has 0 spiro atoms. The van der Waals surface area contributed by atoms with Crippen molar-refractivity contribution in [2.24, 2.45) is 0 Å². The number of hydrogen-bond donors (Lipinski definition) is 0. The molecule has 1 unspecified atom stereocenters. The third-order valence-corrected chi connectivity index (χ3v) is 6.11. The minimum atomic E-state index is -0.468. The lowest BCUT2D eigenvalue weighted by Crippen LogP contribution is -2.24. The Balaban J connectivity index is 1.38. The normalized spacial score (nSPS) is 16.0. The van der Waals surface area contributed by atoms with E-state index >= 15 is 0 Å². The highest BCUT2D eigenvalue weighted by atomic mass is 19.1. The molecule has 7 nitrogen and oxygen atoms in total. The fraction of sp³-hybridized carbons (Fsp3) is 0.167. The molecule has 1 aromatic carbocycles. The summed E-state index contributed by atoms with van der Waals surface area (Å²) in [6, 6.07) is 6.61. The van der Waals surface area contributed by atoms with Gasteiger partial charge in [0.15, 0.2) is 5.65 Å². The summed E-state index contributed by atoms with van der Waals surface area (Å²) in [5, 5.41) is 8.72. The molecule has 34 heavy (non-hydrogen) atoms. The van der Waals surface area contributed by atoms with Crippen molar-refractivity contribution < 1.29 is 13.2 Å². The van der Waals surface area contributed by atoms with Gasteiger partial charge < -0.3 is 4.90 Å². The van der Waals surface area contributed by atoms with Crippen molar-refractivity contribution in [3.05, 3.63) is 90.5 Å². The van der Waals surface area contributed by atoms with Gasteiger partial charge in [-0.2, -0.15) is 10.2 Å². The third kappa shape index (κ3) is 3.38. The summed E-state index contributed by atoms with van der Waals surface area (Å²) in [5.74, 6) is -0.707. The summed E-state index contributed by atoms with van der Waals surface area (Å²) in [5.41, 5.74) is 2.45. The van der Waals surface area contributed by atoms with Gasteiger partial charge in [0.05, 0.1) is 24.6 Å². The van der Waals surface area contributed by atoms with Crippen molar-refractivity contribution in [1.82, 2.24) is 29.4 Å². The number of rotatable bonds is 4. The molecule has 1 saturated heterocycles. The Labute approximate surface area is 192 Å². The average Bonchev–Trinajstić information content (AvgIpc) is 3.59. The predicted octanol–water partition coefficient (Wildman–Crippen LogP) is 4.74. The lowest BCUT2D eigenvalue weighted by Gasteiger charge is -2.26. The molecule has 0 bridgehead atoms. The van der Waals surface area contributed by atoms with E-state index in [0.717, 1.165) is 24.8 Å². The zero-order valence-corrected chi connectivity index (χ0v) is 17.8. The van der Waals surface area contributed by atoms with Crippen LogP contribution in [0.3, 0.4) is 0 Å². The van der Waals surface area contributed by atoms with Crippen molar-refractivity contribution in [2.75, 3.05) is 11.4 Å². The van der Waals surface area contributed by atoms with E-state index < -0.39 is 17.5 Å². The highest BCUT2D eigenvalue weighted by Gasteiger charge is 2.30. The lowest BCUT2D eigenvalue weighted by molar-refractivity contribution is 0.560. The van der Waals surface area contributed by atoms with Gasteiger partial charge in [-0.1, -0.05) is 0 Å². The van der Waals surface area contributed by atoms with Crippen LogP contribution in [0.2, 0.25) is 0 Å². The SMILES string of the molecule is Fc1ccc(F)c(C2CCCN2c2ccn3ncc(-n4cc(-c5ccncc5F)cn4)c3n2)c1. The molecule has 1 atom stereocenters. The molecule has 5 heterocycles. The highest BCUT2D eigenvalue weighted by Crippen LogP contribution is 2.37. The Morgan fingerprint density at radius 1 is 0.941 bits per heavy atom. The number of benzene rings is 1.